The van der Waals surface area contributed by atoms with Crippen molar-refractivity contribution in [2.24, 2.45) is 5.41 Å². The predicted molar refractivity (Wildman–Crippen MR) is 70.2 cm³/mol. The van der Waals surface area contributed by atoms with E-state index in [1.54, 1.807) is 23.9 Å². The van der Waals surface area contributed by atoms with Gasteiger partial charge in [0.15, 0.2) is 0 Å². The Balaban J connectivity index is 1.94. The lowest BCUT2D eigenvalue weighted by molar-refractivity contribution is -0.141. The Bertz CT molecular complexity index is 499. The van der Waals surface area contributed by atoms with Crippen LogP contribution < -0.4 is 0 Å². The van der Waals surface area contributed by atoms with Crippen molar-refractivity contribution in [3.05, 3.63) is 24.0 Å². The van der Waals surface area contributed by atoms with E-state index in [-0.39, 0.29) is 17.1 Å². The minimum atomic E-state index is -1.03. The highest BCUT2D eigenvalue weighted by Crippen LogP contribution is 2.52. The van der Waals surface area contributed by atoms with Crippen molar-refractivity contribution in [3.8, 4) is 0 Å². The van der Waals surface area contributed by atoms with E-state index < -0.39 is 5.97 Å². The van der Waals surface area contributed by atoms with Crippen LogP contribution in [0.1, 0.15) is 29.8 Å². The molecule has 1 aromatic heterocycles. The van der Waals surface area contributed by atoms with Gasteiger partial charge < -0.3 is 9.84 Å². The summed E-state index contributed by atoms with van der Waals surface area (Å²) in [5.41, 5.74) is 0.0764. The third-order valence-corrected chi connectivity index (χ3v) is 4.54. The van der Waals surface area contributed by atoms with Crippen LogP contribution in [-0.4, -0.2) is 34.9 Å². The summed E-state index contributed by atoms with van der Waals surface area (Å²) in [6.07, 6.45) is 3.97. The molecule has 1 saturated carbocycles. The molecule has 0 amide bonds. The van der Waals surface area contributed by atoms with E-state index in [2.05, 4.69) is 4.98 Å². The molecule has 102 valence electrons. The fourth-order valence-corrected chi connectivity index (χ4v) is 3.00. The number of thioether (sulfide) groups is 1. The molecular formula is C13H15NO4S. The molecule has 0 spiro atoms. The molecule has 19 heavy (non-hydrogen) atoms. The van der Waals surface area contributed by atoms with E-state index in [1.807, 2.05) is 0 Å². The molecule has 0 aromatic carbocycles. The lowest BCUT2D eigenvalue weighted by Gasteiger charge is -2.12. The monoisotopic (exact) mass is 281 g/mol. The number of pyridine rings is 1. The molecule has 6 heteroatoms. The molecule has 1 N–H and O–H groups in total. The van der Waals surface area contributed by atoms with Crippen molar-refractivity contribution in [1.29, 1.82) is 0 Å². The molecule has 0 atom stereocenters. The van der Waals surface area contributed by atoms with Crippen molar-refractivity contribution in [3.63, 3.8) is 0 Å². The van der Waals surface area contributed by atoms with E-state index in [4.69, 9.17) is 9.84 Å². The van der Waals surface area contributed by atoms with Crippen LogP contribution in [0.2, 0.25) is 0 Å². The van der Waals surface area contributed by atoms with E-state index in [0.29, 0.717) is 6.42 Å². The molecule has 5 nitrogen and oxygen atoms in total. The van der Waals surface area contributed by atoms with Crippen LogP contribution in [0.4, 0.5) is 0 Å². The number of hydrogen-bond acceptors (Lipinski definition) is 5. The van der Waals surface area contributed by atoms with Gasteiger partial charge >= 0.3 is 11.9 Å². The Labute approximate surface area is 115 Å². The second-order valence-corrected chi connectivity index (χ2v) is 5.77. The highest BCUT2D eigenvalue weighted by Gasteiger charge is 2.44. The van der Waals surface area contributed by atoms with Gasteiger partial charge in [-0.15, -0.1) is 11.8 Å². The van der Waals surface area contributed by atoms with Crippen LogP contribution in [0, 0.1) is 5.41 Å². The molecule has 0 unspecified atom stereocenters. The maximum absolute atomic E-state index is 11.3. The quantitative estimate of drug-likeness (QED) is 0.636. The van der Waals surface area contributed by atoms with E-state index in [0.717, 1.165) is 23.5 Å². The minimum Gasteiger partial charge on any atom is -0.477 e. The first-order valence-corrected chi connectivity index (χ1v) is 6.92. The van der Waals surface area contributed by atoms with Gasteiger partial charge in [0.05, 0.1) is 13.5 Å². The molecule has 0 aliphatic heterocycles. The van der Waals surface area contributed by atoms with Gasteiger partial charge in [0.2, 0.25) is 0 Å². The van der Waals surface area contributed by atoms with Gasteiger partial charge in [-0.1, -0.05) is 0 Å². The van der Waals surface area contributed by atoms with Crippen LogP contribution in [0.5, 0.6) is 0 Å². The molecule has 1 aliphatic rings. The number of methoxy groups -OCH3 is 1. The number of nitrogens with zero attached hydrogens (tertiary/aromatic N) is 1. The highest BCUT2D eigenvalue weighted by atomic mass is 32.2. The summed E-state index contributed by atoms with van der Waals surface area (Å²) < 4.78 is 4.69. The number of aromatic nitrogens is 1. The summed E-state index contributed by atoms with van der Waals surface area (Å²) in [4.78, 5) is 26.8. The number of carbonyl (C=O) groups is 2. The van der Waals surface area contributed by atoms with Crippen molar-refractivity contribution in [2.45, 2.75) is 24.2 Å². The molecule has 1 aliphatic carbocycles. The topological polar surface area (TPSA) is 76.5 Å². The van der Waals surface area contributed by atoms with Crippen LogP contribution >= 0.6 is 11.8 Å². The number of carboxylic acids is 1. The fourth-order valence-electron chi connectivity index (χ4n) is 1.78. The van der Waals surface area contributed by atoms with Gasteiger partial charge in [0.25, 0.3) is 0 Å². The van der Waals surface area contributed by atoms with Crippen molar-refractivity contribution in [2.75, 3.05) is 12.9 Å². The van der Waals surface area contributed by atoms with E-state index in [1.165, 1.54) is 13.3 Å². The first-order valence-electron chi connectivity index (χ1n) is 5.94. The number of carbonyl (C=O) groups excluding carboxylic acids is 1. The molecule has 1 heterocycles. The standard InChI is InChI=1S/C13H15NO4S/c1-18-11(15)7-13(3-4-13)8-19-9-2-5-14-10(6-9)12(16)17/h2,5-6H,3-4,7-8H2,1H3,(H,16,17). The lowest BCUT2D eigenvalue weighted by atomic mass is 10.1. The predicted octanol–water partition coefficient (Wildman–Crippen LogP) is 2.22. The molecule has 0 saturated heterocycles. The normalized spacial score (nSPS) is 15.8. The number of ether oxygens (including phenoxy) is 1. The largest absolute Gasteiger partial charge is 0.477 e. The summed E-state index contributed by atoms with van der Waals surface area (Å²) in [6, 6.07) is 3.34. The summed E-state index contributed by atoms with van der Waals surface area (Å²) in [5.74, 6) is -0.414. The molecular weight excluding hydrogens is 266 g/mol. The maximum Gasteiger partial charge on any atom is 0.354 e. The Morgan fingerprint density at radius 3 is 2.84 bits per heavy atom. The zero-order valence-electron chi connectivity index (χ0n) is 10.6. The van der Waals surface area contributed by atoms with Gasteiger partial charge in [-0.05, 0) is 30.4 Å². The van der Waals surface area contributed by atoms with Crippen LogP contribution in [0.15, 0.2) is 23.2 Å². The highest BCUT2D eigenvalue weighted by molar-refractivity contribution is 7.99. The molecule has 1 fully saturated rings. The average molecular weight is 281 g/mol. The van der Waals surface area contributed by atoms with Crippen molar-refractivity contribution < 1.29 is 19.4 Å². The number of esters is 1. The van der Waals surface area contributed by atoms with Gasteiger partial charge in [0.1, 0.15) is 5.69 Å². The van der Waals surface area contributed by atoms with E-state index >= 15 is 0 Å². The average Bonchev–Trinajstić information content (AvgIpc) is 3.17. The van der Waals surface area contributed by atoms with Crippen LogP contribution in [0.3, 0.4) is 0 Å². The fraction of sp³-hybridized carbons (Fsp3) is 0.462. The second kappa shape index (κ2) is 5.61. The van der Waals surface area contributed by atoms with Gasteiger partial charge in [0, 0.05) is 16.8 Å². The SMILES string of the molecule is COC(=O)CC1(CSc2ccnc(C(=O)O)c2)CC1. The van der Waals surface area contributed by atoms with Crippen LogP contribution in [-0.2, 0) is 9.53 Å². The van der Waals surface area contributed by atoms with Gasteiger partial charge in [-0.25, -0.2) is 9.78 Å². The molecule has 0 bridgehead atoms. The third kappa shape index (κ3) is 3.70. The summed E-state index contributed by atoms with van der Waals surface area (Å²) in [7, 11) is 1.40. The van der Waals surface area contributed by atoms with Crippen LogP contribution in [0.25, 0.3) is 0 Å². The summed E-state index contributed by atoms with van der Waals surface area (Å²) in [5, 5.41) is 8.87. The first kappa shape index (κ1) is 13.9. The Morgan fingerprint density at radius 2 is 2.26 bits per heavy atom. The lowest BCUT2D eigenvalue weighted by Crippen LogP contribution is -2.13. The van der Waals surface area contributed by atoms with E-state index in [9.17, 15) is 9.59 Å². The Kier molecular flexibility index (Phi) is 4.09. The van der Waals surface area contributed by atoms with Gasteiger partial charge in [-0.2, -0.15) is 0 Å². The minimum absolute atomic E-state index is 0.0322. The smallest absolute Gasteiger partial charge is 0.354 e. The molecule has 1 aromatic rings. The number of rotatable bonds is 6. The Hall–Kier alpha value is -1.56. The zero-order chi connectivity index (χ0) is 13.9. The second-order valence-electron chi connectivity index (χ2n) is 4.72. The first-order chi connectivity index (χ1) is 9.04. The number of hydrogen-bond donors (Lipinski definition) is 1. The summed E-state index contributed by atoms with van der Waals surface area (Å²) >= 11 is 1.56. The number of aromatic carboxylic acids is 1. The number of carboxylic acid groups (broad SMARTS) is 1. The van der Waals surface area contributed by atoms with Crippen molar-refractivity contribution >= 4 is 23.7 Å². The Morgan fingerprint density at radius 1 is 1.53 bits per heavy atom. The molecule has 0 radical (unpaired) electrons. The molecule has 2 rings (SSSR count). The van der Waals surface area contributed by atoms with Crippen molar-refractivity contribution in [1.82, 2.24) is 4.98 Å². The zero-order valence-corrected chi connectivity index (χ0v) is 11.4. The maximum atomic E-state index is 11.3. The van der Waals surface area contributed by atoms with Gasteiger partial charge in [-0.3, -0.25) is 4.79 Å². The third-order valence-electron chi connectivity index (χ3n) is 3.20. The summed E-state index contributed by atoms with van der Waals surface area (Å²) in [6.45, 7) is 0.